The van der Waals surface area contributed by atoms with Crippen molar-refractivity contribution in [3.05, 3.63) is 24.0 Å². The number of nitrogens with zero attached hydrogens (tertiary/aromatic N) is 2. The molecule has 124 valence electrons. The van der Waals surface area contributed by atoms with Crippen molar-refractivity contribution in [1.82, 2.24) is 10.3 Å². The quantitative estimate of drug-likeness (QED) is 0.928. The first-order valence-corrected chi connectivity index (χ1v) is 8.22. The van der Waals surface area contributed by atoms with E-state index < -0.39 is 13.0 Å². The Hall–Kier alpha value is -1.83. The van der Waals surface area contributed by atoms with Gasteiger partial charge in [0, 0.05) is 13.1 Å². The molecular weight excluding hydrogens is 327 g/mol. The first-order chi connectivity index (χ1) is 11.0. The number of hydrogen-bond acceptors (Lipinski definition) is 4. The fourth-order valence-electron chi connectivity index (χ4n) is 2.73. The number of fused-ring (bicyclic) bond motifs is 1. The first-order valence-electron chi connectivity index (χ1n) is 7.40. The highest BCUT2D eigenvalue weighted by atomic mass is 32.1. The molecule has 1 atom stereocenters. The summed E-state index contributed by atoms with van der Waals surface area (Å²) in [5, 5.41) is 2.93. The van der Waals surface area contributed by atoms with Gasteiger partial charge in [0.05, 0.1) is 17.2 Å². The molecule has 1 aromatic heterocycles. The van der Waals surface area contributed by atoms with E-state index in [2.05, 4.69) is 10.3 Å². The number of carbonyl (C=O) groups excluding carboxylic acids is 1. The van der Waals surface area contributed by atoms with E-state index in [1.807, 2.05) is 4.90 Å². The van der Waals surface area contributed by atoms with Crippen LogP contribution < -0.4 is 10.2 Å². The van der Waals surface area contributed by atoms with Gasteiger partial charge in [-0.2, -0.15) is 0 Å². The first kappa shape index (κ1) is 16.0. The molecule has 1 aliphatic heterocycles. The summed E-state index contributed by atoms with van der Waals surface area (Å²) in [6.45, 7) is 0.512. The smallest absolute Gasteiger partial charge is 0.255 e. The van der Waals surface area contributed by atoms with Gasteiger partial charge in [-0.05, 0) is 25.0 Å². The number of hydrogen-bond donors (Lipinski definition) is 1. The minimum absolute atomic E-state index is 0.330. The summed E-state index contributed by atoms with van der Waals surface area (Å²) in [5.74, 6) is -1.07. The Morgan fingerprint density at radius 2 is 2.30 bits per heavy atom. The van der Waals surface area contributed by atoms with E-state index in [4.69, 9.17) is 0 Å². The average molecular weight is 343 g/mol. The predicted octanol–water partition coefficient (Wildman–Crippen LogP) is 3.03. The molecule has 2 aromatic rings. The highest BCUT2D eigenvalue weighted by Gasteiger charge is 2.28. The van der Waals surface area contributed by atoms with Crippen LogP contribution in [0.4, 0.5) is 18.3 Å². The number of halogens is 3. The van der Waals surface area contributed by atoms with Crippen LogP contribution in [0, 0.1) is 11.7 Å². The molecule has 1 N–H and O–H groups in total. The van der Waals surface area contributed by atoms with Crippen LogP contribution in [0.2, 0.25) is 0 Å². The van der Waals surface area contributed by atoms with E-state index >= 15 is 0 Å². The Morgan fingerprint density at radius 1 is 1.48 bits per heavy atom. The number of rotatable bonds is 4. The second-order valence-corrected chi connectivity index (χ2v) is 6.51. The second kappa shape index (κ2) is 6.74. The molecule has 1 saturated heterocycles. The minimum atomic E-state index is -2.55. The van der Waals surface area contributed by atoms with Crippen molar-refractivity contribution in [2.24, 2.45) is 5.92 Å². The van der Waals surface area contributed by atoms with Gasteiger partial charge in [-0.3, -0.25) is 4.79 Å². The lowest BCUT2D eigenvalue weighted by molar-refractivity contribution is -0.125. The molecule has 0 bridgehead atoms. The van der Waals surface area contributed by atoms with Gasteiger partial charge in [0.15, 0.2) is 5.13 Å². The third-order valence-corrected chi connectivity index (χ3v) is 4.93. The molecule has 0 aliphatic carbocycles. The number of benzene rings is 1. The van der Waals surface area contributed by atoms with E-state index in [9.17, 15) is 18.0 Å². The normalized spacial score (nSPS) is 18.6. The van der Waals surface area contributed by atoms with Crippen LogP contribution in [0.1, 0.15) is 12.8 Å². The number of amides is 1. The van der Waals surface area contributed by atoms with Crippen molar-refractivity contribution in [3.8, 4) is 0 Å². The summed E-state index contributed by atoms with van der Waals surface area (Å²) in [6.07, 6.45) is -1.12. The van der Waals surface area contributed by atoms with Crippen molar-refractivity contribution < 1.29 is 18.0 Å². The summed E-state index contributed by atoms with van der Waals surface area (Å²) in [6, 6.07) is 4.80. The third kappa shape index (κ3) is 3.57. The summed E-state index contributed by atoms with van der Waals surface area (Å²) in [4.78, 5) is 18.2. The fourth-order valence-corrected chi connectivity index (χ4v) is 3.74. The van der Waals surface area contributed by atoms with Gasteiger partial charge in [-0.25, -0.2) is 18.2 Å². The number of alkyl halides is 2. The number of nitrogens with one attached hydrogen (secondary N) is 1. The molecule has 0 saturated carbocycles. The van der Waals surface area contributed by atoms with E-state index in [-0.39, 0.29) is 17.6 Å². The van der Waals surface area contributed by atoms with Crippen LogP contribution in [0.15, 0.2) is 18.2 Å². The number of thiazole rings is 1. The summed E-state index contributed by atoms with van der Waals surface area (Å²) in [5.41, 5.74) is 0.330. The van der Waals surface area contributed by atoms with Crippen LogP contribution in [0.3, 0.4) is 0 Å². The van der Waals surface area contributed by atoms with Crippen LogP contribution in [-0.4, -0.2) is 37.0 Å². The Kier molecular flexibility index (Phi) is 4.70. The van der Waals surface area contributed by atoms with Crippen molar-refractivity contribution in [2.75, 3.05) is 24.5 Å². The Labute approximate surface area is 135 Å². The Balaban J connectivity index is 1.72. The average Bonchev–Trinajstić information content (AvgIpc) is 2.98. The molecule has 8 heteroatoms. The van der Waals surface area contributed by atoms with E-state index in [1.165, 1.54) is 17.4 Å². The van der Waals surface area contributed by atoms with Crippen molar-refractivity contribution in [2.45, 2.75) is 19.3 Å². The molecule has 1 aliphatic rings. The van der Waals surface area contributed by atoms with Gasteiger partial charge >= 0.3 is 0 Å². The van der Waals surface area contributed by atoms with Gasteiger partial charge < -0.3 is 10.2 Å². The maximum absolute atomic E-state index is 13.7. The number of anilines is 1. The Bertz CT molecular complexity index is 706. The van der Waals surface area contributed by atoms with Crippen LogP contribution in [0.5, 0.6) is 0 Å². The monoisotopic (exact) mass is 343 g/mol. The lowest BCUT2D eigenvalue weighted by Gasteiger charge is -2.31. The lowest BCUT2D eigenvalue weighted by atomic mass is 9.97. The number of carbonyl (C=O) groups is 1. The molecule has 3 rings (SSSR count). The summed E-state index contributed by atoms with van der Waals surface area (Å²) >= 11 is 1.37. The predicted molar refractivity (Wildman–Crippen MR) is 83.5 cm³/mol. The van der Waals surface area contributed by atoms with Crippen molar-refractivity contribution in [3.63, 3.8) is 0 Å². The molecule has 1 fully saturated rings. The molecule has 0 radical (unpaired) electrons. The number of aromatic nitrogens is 1. The van der Waals surface area contributed by atoms with Gasteiger partial charge in [0.25, 0.3) is 6.43 Å². The van der Waals surface area contributed by atoms with E-state index in [1.54, 1.807) is 12.1 Å². The Morgan fingerprint density at radius 3 is 3.04 bits per heavy atom. The number of piperidine rings is 1. The topological polar surface area (TPSA) is 45.2 Å². The van der Waals surface area contributed by atoms with E-state index in [0.29, 0.717) is 23.6 Å². The second-order valence-electron chi connectivity index (χ2n) is 5.50. The molecule has 4 nitrogen and oxygen atoms in total. The zero-order valence-corrected chi connectivity index (χ0v) is 13.1. The fraction of sp³-hybridized carbons (Fsp3) is 0.467. The molecule has 0 spiro atoms. The van der Waals surface area contributed by atoms with Gasteiger partial charge in [0.2, 0.25) is 5.91 Å². The summed E-state index contributed by atoms with van der Waals surface area (Å²) < 4.78 is 38.9. The third-order valence-electron chi connectivity index (χ3n) is 3.85. The lowest BCUT2D eigenvalue weighted by Crippen LogP contribution is -2.44. The number of para-hydroxylation sites is 1. The van der Waals surface area contributed by atoms with Gasteiger partial charge in [-0.1, -0.05) is 17.4 Å². The van der Waals surface area contributed by atoms with Crippen LogP contribution in [0.25, 0.3) is 10.2 Å². The highest BCUT2D eigenvalue weighted by molar-refractivity contribution is 7.22. The maximum atomic E-state index is 13.7. The summed E-state index contributed by atoms with van der Waals surface area (Å²) in [7, 11) is 0. The van der Waals surface area contributed by atoms with Crippen LogP contribution in [-0.2, 0) is 4.79 Å². The highest BCUT2D eigenvalue weighted by Crippen LogP contribution is 2.32. The molecule has 1 aromatic carbocycles. The van der Waals surface area contributed by atoms with Gasteiger partial charge in [0.1, 0.15) is 11.3 Å². The SMILES string of the molecule is O=C(NCC(F)F)C1CCCN(c2nc3c(F)cccc3s2)C1. The zero-order valence-electron chi connectivity index (χ0n) is 12.3. The molecule has 23 heavy (non-hydrogen) atoms. The standard InChI is InChI=1S/C15H16F3N3OS/c16-10-4-1-5-11-13(10)20-15(23-11)21-6-2-3-9(8-21)14(22)19-7-12(17)18/h1,4-5,9,12H,2-3,6-8H2,(H,19,22). The zero-order chi connectivity index (χ0) is 16.4. The minimum Gasteiger partial charge on any atom is -0.350 e. The van der Waals surface area contributed by atoms with E-state index in [0.717, 1.165) is 17.7 Å². The largest absolute Gasteiger partial charge is 0.350 e. The maximum Gasteiger partial charge on any atom is 0.255 e. The van der Waals surface area contributed by atoms with Crippen molar-refractivity contribution >= 4 is 32.6 Å². The molecule has 1 unspecified atom stereocenters. The molecular formula is C15H16F3N3OS. The molecule has 2 heterocycles. The van der Waals surface area contributed by atoms with Gasteiger partial charge in [-0.15, -0.1) is 0 Å². The molecule has 1 amide bonds. The van der Waals surface area contributed by atoms with Crippen LogP contribution >= 0.6 is 11.3 Å². The van der Waals surface area contributed by atoms with Crippen molar-refractivity contribution in [1.29, 1.82) is 0 Å².